The van der Waals surface area contributed by atoms with Crippen LogP contribution in [0.3, 0.4) is 0 Å². The minimum Gasteiger partial charge on any atom is -0.365 e. The summed E-state index contributed by atoms with van der Waals surface area (Å²) in [6, 6.07) is 3.34. The fraction of sp³-hybridized carbons (Fsp3) is 0.615. The molecule has 106 valence electrons. The van der Waals surface area contributed by atoms with Crippen molar-refractivity contribution in [3.05, 3.63) is 18.3 Å². The van der Waals surface area contributed by atoms with Gasteiger partial charge < -0.3 is 5.32 Å². The van der Waals surface area contributed by atoms with E-state index < -0.39 is 10.0 Å². The molecule has 0 aliphatic carbocycles. The summed E-state index contributed by atoms with van der Waals surface area (Å²) in [6.07, 6.45) is 3.31. The molecule has 19 heavy (non-hydrogen) atoms. The summed E-state index contributed by atoms with van der Waals surface area (Å²) < 4.78 is 26.1. The smallest absolute Gasteiger partial charge is 0.244 e. The standard InChI is InChI=1S/C13H21N3O2S/c1-13(2,3)15-12-7-6-11(10-14-12)19(17,18)16-8-4-5-9-16/h6-7,10H,4-5,8-9H2,1-3H3,(H,14,15). The van der Waals surface area contributed by atoms with Crippen LogP contribution in [0.4, 0.5) is 5.82 Å². The number of nitrogens with one attached hydrogen (secondary N) is 1. The van der Waals surface area contributed by atoms with Crippen LogP contribution < -0.4 is 5.32 Å². The number of rotatable bonds is 3. The van der Waals surface area contributed by atoms with Crippen LogP contribution in [0.1, 0.15) is 33.6 Å². The highest BCUT2D eigenvalue weighted by Crippen LogP contribution is 2.21. The van der Waals surface area contributed by atoms with Crippen molar-refractivity contribution in [1.82, 2.24) is 9.29 Å². The zero-order chi connectivity index (χ0) is 14.1. The summed E-state index contributed by atoms with van der Waals surface area (Å²) in [5.41, 5.74) is -0.0949. The fourth-order valence-corrected chi connectivity index (χ4v) is 3.53. The summed E-state index contributed by atoms with van der Waals surface area (Å²) in [7, 11) is -3.36. The molecule has 0 unspecified atom stereocenters. The minimum absolute atomic E-state index is 0.0949. The highest BCUT2D eigenvalue weighted by molar-refractivity contribution is 7.89. The first-order valence-corrected chi connectivity index (χ1v) is 7.97. The highest BCUT2D eigenvalue weighted by Gasteiger charge is 2.27. The Balaban J connectivity index is 2.18. The molecule has 0 amide bonds. The Morgan fingerprint density at radius 1 is 1.21 bits per heavy atom. The molecule has 1 aromatic heterocycles. The molecule has 0 atom stereocenters. The van der Waals surface area contributed by atoms with Gasteiger partial charge in [-0.25, -0.2) is 13.4 Å². The third-order valence-corrected chi connectivity index (χ3v) is 4.82. The van der Waals surface area contributed by atoms with Gasteiger partial charge in [0.1, 0.15) is 10.7 Å². The molecule has 2 heterocycles. The highest BCUT2D eigenvalue weighted by atomic mass is 32.2. The lowest BCUT2D eigenvalue weighted by atomic mass is 10.1. The van der Waals surface area contributed by atoms with Gasteiger partial charge in [-0.05, 0) is 45.7 Å². The van der Waals surface area contributed by atoms with E-state index in [1.165, 1.54) is 10.5 Å². The molecule has 1 aromatic rings. The van der Waals surface area contributed by atoms with Crippen LogP contribution in [0.2, 0.25) is 0 Å². The van der Waals surface area contributed by atoms with Gasteiger partial charge in [0.15, 0.2) is 0 Å². The zero-order valence-corrected chi connectivity index (χ0v) is 12.5. The van der Waals surface area contributed by atoms with Crippen LogP contribution in [0, 0.1) is 0 Å². The summed E-state index contributed by atoms with van der Waals surface area (Å²) in [6.45, 7) is 7.32. The van der Waals surface area contributed by atoms with Crippen LogP contribution in [0.5, 0.6) is 0 Å². The maximum absolute atomic E-state index is 12.3. The topological polar surface area (TPSA) is 62.3 Å². The lowest BCUT2D eigenvalue weighted by Gasteiger charge is -2.21. The van der Waals surface area contributed by atoms with Crippen LogP contribution >= 0.6 is 0 Å². The first-order chi connectivity index (χ1) is 8.79. The summed E-state index contributed by atoms with van der Waals surface area (Å²) >= 11 is 0. The average molecular weight is 283 g/mol. The van der Waals surface area contributed by atoms with Gasteiger partial charge in [0, 0.05) is 24.8 Å². The largest absolute Gasteiger partial charge is 0.365 e. The van der Waals surface area contributed by atoms with Gasteiger partial charge in [-0.1, -0.05) is 0 Å². The molecule has 2 rings (SSSR count). The van der Waals surface area contributed by atoms with Gasteiger partial charge in [-0.3, -0.25) is 0 Å². The number of pyridine rings is 1. The van der Waals surface area contributed by atoms with Crippen molar-refractivity contribution < 1.29 is 8.42 Å². The van der Waals surface area contributed by atoms with E-state index in [0.29, 0.717) is 18.9 Å². The molecule has 1 aliphatic rings. The van der Waals surface area contributed by atoms with Gasteiger partial charge in [-0.2, -0.15) is 4.31 Å². The van der Waals surface area contributed by atoms with E-state index in [-0.39, 0.29) is 10.4 Å². The third-order valence-electron chi connectivity index (χ3n) is 2.94. The summed E-state index contributed by atoms with van der Waals surface area (Å²) in [4.78, 5) is 4.46. The van der Waals surface area contributed by atoms with Crippen molar-refractivity contribution in [3.8, 4) is 0 Å². The molecule has 0 bridgehead atoms. The second kappa shape index (κ2) is 5.09. The minimum atomic E-state index is -3.36. The Morgan fingerprint density at radius 2 is 1.84 bits per heavy atom. The number of hydrogen-bond donors (Lipinski definition) is 1. The summed E-state index contributed by atoms with van der Waals surface area (Å²) in [5, 5.41) is 3.21. The van der Waals surface area contributed by atoms with Gasteiger partial charge in [0.25, 0.3) is 0 Å². The fourth-order valence-electron chi connectivity index (χ4n) is 2.07. The Labute approximate surface area is 115 Å². The Hall–Kier alpha value is -1.14. The lowest BCUT2D eigenvalue weighted by Crippen LogP contribution is -2.28. The van der Waals surface area contributed by atoms with E-state index in [4.69, 9.17) is 0 Å². The van der Waals surface area contributed by atoms with E-state index in [1.54, 1.807) is 12.1 Å². The number of sulfonamides is 1. The van der Waals surface area contributed by atoms with E-state index in [0.717, 1.165) is 12.8 Å². The predicted octanol–water partition coefficient (Wildman–Crippen LogP) is 2.08. The van der Waals surface area contributed by atoms with E-state index in [1.807, 2.05) is 20.8 Å². The molecule has 0 spiro atoms. The molecule has 0 saturated carbocycles. The second-order valence-electron chi connectivity index (χ2n) is 5.87. The number of aromatic nitrogens is 1. The molecule has 6 heteroatoms. The Morgan fingerprint density at radius 3 is 2.32 bits per heavy atom. The molecular formula is C13H21N3O2S. The van der Waals surface area contributed by atoms with Crippen LogP contribution in [0.25, 0.3) is 0 Å². The molecule has 5 nitrogen and oxygen atoms in total. The predicted molar refractivity (Wildman–Crippen MR) is 75.6 cm³/mol. The maximum Gasteiger partial charge on any atom is 0.244 e. The quantitative estimate of drug-likeness (QED) is 0.922. The zero-order valence-electron chi connectivity index (χ0n) is 11.7. The lowest BCUT2D eigenvalue weighted by molar-refractivity contribution is 0.477. The van der Waals surface area contributed by atoms with Crippen molar-refractivity contribution in [1.29, 1.82) is 0 Å². The number of nitrogens with zero attached hydrogens (tertiary/aromatic N) is 2. The molecule has 1 saturated heterocycles. The molecular weight excluding hydrogens is 262 g/mol. The van der Waals surface area contributed by atoms with Gasteiger partial charge in [0.05, 0.1) is 0 Å². The van der Waals surface area contributed by atoms with Crippen molar-refractivity contribution in [2.45, 2.75) is 44.0 Å². The van der Waals surface area contributed by atoms with Crippen LogP contribution in [0.15, 0.2) is 23.2 Å². The SMILES string of the molecule is CC(C)(C)Nc1ccc(S(=O)(=O)N2CCCC2)cn1. The Kier molecular flexibility index (Phi) is 3.82. The molecule has 0 aromatic carbocycles. The van der Waals surface area contributed by atoms with Gasteiger partial charge in [-0.15, -0.1) is 0 Å². The van der Waals surface area contributed by atoms with E-state index in [2.05, 4.69) is 10.3 Å². The van der Waals surface area contributed by atoms with Crippen molar-refractivity contribution in [2.75, 3.05) is 18.4 Å². The third kappa shape index (κ3) is 3.45. The normalized spacial score (nSPS) is 17.6. The monoisotopic (exact) mass is 283 g/mol. The van der Waals surface area contributed by atoms with Crippen LogP contribution in [-0.4, -0.2) is 36.3 Å². The van der Waals surface area contributed by atoms with Crippen LogP contribution in [-0.2, 0) is 10.0 Å². The van der Waals surface area contributed by atoms with Crippen molar-refractivity contribution in [3.63, 3.8) is 0 Å². The summed E-state index contributed by atoms with van der Waals surface area (Å²) in [5.74, 6) is 0.688. The average Bonchev–Trinajstić information content (AvgIpc) is 2.81. The van der Waals surface area contributed by atoms with E-state index >= 15 is 0 Å². The number of hydrogen-bond acceptors (Lipinski definition) is 4. The molecule has 1 N–H and O–H groups in total. The first-order valence-electron chi connectivity index (χ1n) is 6.53. The maximum atomic E-state index is 12.3. The van der Waals surface area contributed by atoms with Gasteiger partial charge in [0.2, 0.25) is 10.0 Å². The van der Waals surface area contributed by atoms with Gasteiger partial charge >= 0.3 is 0 Å². The molecule has 0 radical (unpaired) electrons. The second-order valence-corrected chi connectivity index (χ2v) is 7.80. The van der Waals surface area contributed by atoms with Crippen molar-refractivity contribution in [2.24, 2.45) is 0 Å². The van der Waals surface area contributed by atoms with E-state index in [9.17, 15) is 8.42 Å². The Bertz CT molecular complexity index is 526. The van der Waals surface area contributed by atoms with Crippen molar-refractivity contribution >= 4 is 15.8 Å². The molecule has 1 fully saturated rings. The molecule has 1 aliphatic heterocycles. The first kappa shape index (κ1) is 14.3. The number of anilines is 1.